The van der Waals surface area contributed by atoms with Crippen molar-refractivity contribution in [3.05, 3.63) is 29.3 Å². The molecular weight excluding hydrogens is 222 g/mol. The highest BCUT2D eigenvalue weighted by Crippen LogP contribution is 2.46. The molecule has 1 aromatic carbocycles. The van der Waals surface area contributed by atoms with Crippen molar-refractivity contribution in [2.45, 2.75) is 52.7 Å². The quantitative estimate of drug-likeness (QED) is 0.879. The molecule has 1 aliphatic carbocycles. The molecule has 2 nitrogen and oxygen atoms in total. The zero-order valence-corrected chi connectivity index (χ0v) is 12.2. The van der Waals surface area contributed by atoms with Crippen molar-refractivity contribution in [3.63, 3.8) is 0 Å². The molecule has 0 saturated heterocycles. The minimum Gasteiger partial charge on any atom is -0.489 e. The van der Waals surface area contributed by atoms with E-state index in [4.69, 9.17) is 4.74 Å². The molecule has 0 aromatic heterocycles. The smallest absolute Gasteiger partial charge is 0.122 e. The maximum absolute atomic E-state index is 6.23. The van der Waals surface area contributed by atoms with Gasteiger partial charge in [-0.2, -0.15) is 0 Å². The molecule has 1 fully saturated rings. The number of hydrogen-bond donors (Lipinski definition) is 1. The molecule has 0 radical (unpaired) electrons. The average molecular weight is 247 g/mol. The first-order valence-corrected chi connectivity index (χ1v) is 6.92. The predicted octanol–water partition coefficient (Wildman–Crippen LogP) is 3.46. The Kier molecular flexibility index (Phi) is 3.67. The third kappa shape index (κ3) is 2.14. The van der Waals surface area contributed by atoms with E-state index in [1.807, 2.05) is 7.05 Å². The Morgan fingerprint density at radius 3 is 2.67 bits per heavy atom. The van der Waals surface area contributed by atoms with Gasteiger partial charge < -0.3 is 10.1 Å². The molecule has 0 aliphatic heterocycles. The van der Waals surface area contributed by atoms with Crippen LogP contribution in [0.3, 0.4) is 0 Å². The van der Waals surface area contributed by atoms with Crippen molar-refractivity contribution < 1.29 is 4.74 Å². The van der Waals surface area contributed by atoms with Gasteiger partial charge in [-0.1, -0.05) is 31.5 Å². The molecule has 2 rings (SSSR count). The third-order valence-corrected chi connectivity index (χ3v) is 4.69. The van der Waals surface area contributed by atoms with Crippen LogP contribution >= 0.6 is 0 Å². The number of benzene rings is 1. The Bertz CT molecular complexity index is 429. The first kappa shape index (κ1) is 13.4. The number of rotatable bonds is 4. The zero-order chi connectivity index (χ0) is 13.3. The number of hydrogen-bond acceptors (Lipinski definition) is 2. The van der Waals surface area contributed by atoms with Crippen molar-refractivity contribution in [1.82, 2.24) is 5.32 Å². The van der Waals surface area contributed by atoms with Crippen LogP contribution in [0.5, 0.6) is 5.75 Å². The standard InChI is InChI=1S/C16H25NO/c1-6-16(4)14(17-5)10-15(16)18-13-8-7-11(2)9-12(13)3/h7-9,14-15,17H,6,10H2,1-5H3. The molecule has 3 unspecified atom stereocenters. The normalized spacial score (nSPS) is 30.9. The largest absolute Gasteiger partial charge is 0.489 e. The molecular formula is C16H25NO. The molecule has 1 aromatic rings. The fourth-order valence-electron chi connectivity index (χ4n) is 3.01. The summed E-state index contributed by atoms with van der Waals surface area (Å²) in [6.45, 7) is 8.82. The van der Waals surface area contributed by atoms with Crippen molar-refractivity contribution in [2.75, 3.05) is 7.05 Å². The Morgan fingerprint density at radius 2 is 2.11 bits per heavy atom. The van der Waals surface area contributed by atoms with E-state index in [9.17, 15) is 0 Å². The lowest BCUT2D eigenvalue weighted by molar-refractivity contribution is -0.0680. The molecule has 18 heavy (non-hydrogen) atoms. The number of nitrogens with one attached hydrogen (secondary N) is 1. The predicted molar refractivity (Wildman–Crippen MR) is 76.2 cm³/mol. The van der Waals surface area contributed by atoms with E-state index in [0.717, 1.165) is 18.6 Å². The summed E-state index contributed by atoms with van der Waals surface area (Å²) in [7, 11) is 2.05. The Hall–Kier alpha value is -1.02. The average Bonchev–Trinajstić information content (AvgIpc) is 2.35. The maximum atomic E-state index is 6.23. The van der Waals surface area contributed by atoms with E-state index in [-0.39, 0.29) is 5.41 Å². The minimum absolute atomic E-state index is 0.256. The first-order chi connectivity index (χ1) is 8.51. The van der Waals surface area contributed by atoms with Gasteiger partial charge in [-0.3, -0.25) is 0 Å². The van der Waals surface area contributed by atoms with Gasteiger partial charge in [0.05, 0.1) is 0 Å². The summed E-state index contributed by atoms with van der Waals surface area (Å²) in [5, 5.41) is 3.40. The van der Waals surface area contributed by atoms with Crippen molar-refractivity contribution >= 4 is 0 Å². The van der Waals surface area contributed by atoms with E-state index in [0.29, 0.717) is 12.1 Å². The fraction of sp³-hybridized carbons (Fsp3) is 0.625. The van der Waals surface area contributed by atoms with Crippen molar-refractivity contribution in [2.24, 2.45) is 5.41 Å². The molecule has 100 valence electrons. The lowest BCUT2D eigenvalue weighted by atomic mass is 9.61. The number of ether oxygens (including phenoxy) is 1. The van der Waals surface area contributed by atoms with Gasteiger partial charge in [-0.15, -0.1) is 0 Å². The fourth-order valence-corrected chi connectivity index (χ4v) is 3.01. The van der Waals surface area contributed by atoms with E-state index in [2.05, 4.69) is 51.2 Å². The third-order valence-electron chi connectivity index (χ3n) is 4.69. The SMILES string of the molecule is CCC1(C)C(NC)CC1Oc1ccc(C)cc1C. The molecule has 1 saturated carbocycles. The van der Waals surface area contributed by atoms with Crippen LogP contribution in [-0.4, -0.2) is 19.2 Å². The maximum Gasteiger partial charge on any atom is 0.122 e. The van der Waals surface area contributed by atoms with Gasteiger partial charge in [-0.05, 0) is 38.9 Å². The second-order valence-electron chi connectivity index (χ2n) is 5.81. The van der Waals surface area contributed by atoms with Crippen molar-refractivity contribution in [3.8, 4) is 5.75 Å². The Morgan fingerprint density at radius 1 is 1.39 bits per heavy atom. The molecule has 2 heteroatoms. The highest BCUT2D eigenvalue weighted by Gasteiger charge is 2.51. The summed E-state index contributed by atoms with van der Waals surface area (Å²) in [6, 6.07) is 7.00. The van der Waals surface area contributed by atoms with Gasteiger partial charge in [0.1, 0.15) is 11.9 Å². The summed E-state index contributed by atoms with van der Waals surface area (Å²) >= 11 is 0. The van der Waals surface area contributed by atoms with Crippen LogP contribution in [0, 0.1) is 19.3 Å². The van der Waals surface area contributed by atoms with Crippen LogP contribution in [0.1, 0.15) is 37.8 Å². The van der Waals surface area contributed by atoms with Crippen molar-refractivity contribution in [1.29, 1.82) is 0 Å². The summed E-state index contributed by atoms with van der Waals surface area (Å²) in [6.07, 6.45) is 2.59. The molecule has 0 amide bonds. The van der Waals surface area contributed by atoms with Crippen LogP contribution in [0.25, 0.3) is 0 Å². The van der Waals surface area contributed by atoms with Crippen LogP contribution in [0.15, 0.2) is 18.2 Å². The van der Waals surface area contributed by atoms with Crippen LogP contribution in [0.2, 0.25) is 0 Å². The Balaban J connectivity index is 2.11. The van der Waals surface area contributed by atoms with Gasteiger partial charge in [0.2, 0.25) is 0 Å². The van der Waals surface area contributed by atoms with E-state index < -0.39 is 0 Å². The summed E-state index contributed by atoms with van der Waals surface area (Å²) in [4.78, 5) is 0. The second-order valence-corrected chi connectivity index (χ2v) is 5.81. The van der Waals surface area contributed by atoms with Gasteiger partial charge in [0.25, 0.3) is 0 Å². The summed E-state index contributed by atoms with van der Waals surface area (Å²) in [5.41, 5.74) is 2.78. The topological polar surface area (TPSA) is 21.3 Å². The molecule has 0 heterocycles. The molecule has 3 atom stereocenters. The van der Waals surface area contributed by atoms with E-state index in [1.54, 1.807) is 0 Å². The highest BCUT2D eigenvalue weighted by molar-refractivity contribution is 5.36. The number of aryl methyl sites for hydroxylation is 2. The van der Waals surface area contributed by atoms with Gasteiger partial charge in [0.15, 0.2) is 0 Å². The van der Waals surface area contributed by atoms with Crippen LogP contribution in [0.4, 0.5) is 0 Å². The zero-order valence-electron chi connectivity index (χ0n) is 12.2. The highest BCUT2D eigenvalue weighted by atomic mass is 16.5. The van der Waals surface area contributed by atoms with Gasteiger partial charge in [0, 0.05) is 17.9 Å². The molecule has 0 spiro atoms. The van der Waals surface area contributed by atoms with E-state index in [1.165, 1.54) is 11.1 Å². The lowest BCUT2D eigenvalue weighted by Gasteiger charge is -2.53. The summed E-state index contributed by atoms with van der Waals surface area (Å²) in [5.74, 6) is 1.04. The van der Waals surface area contributed by atoms with Crippen LogP contribution in [-0.2, 0) is 0 Å². The van der Waals surface area contributed by atoms with Crippen LogP contribution < -0.4 is 10.1 Å². The van der Waals surface area contributed by atoms with E-state index >= 15 is 0 Å². The Labute approximate surface area is 111 Å². The minimum atomic E-state index is 0.256. The molecule has 1 N–H and O–H groups in total. The molecule has 1 aliphatic rings. The summed E-state index contributed by atoms with van der Waals surface area (Å²) < 4.78 is 6.23. The lowest BCUT2D eigenvalue weighted by Crippen LogP contribution is -2.62. The van der Waals surface area contributed by atoms with Gasteiger partial charge in [-0.25, -0.2) is 0 Å². The monoisotopic (exact) mass is 247 g/mol. The van der Waals surface area contributed by atoms with Gasteiger partial charge >= 0.3 is 0 Å². The first-order valence-electron chi connectivity index (χ1n) is 6.92. The molecule has 0 bridgehead atoms. The second kappa shape index (κ2) is 4.93.